The molecule has 0 aromatic carbocycles. The smallest absolute Gasteiger partial charge is 0.280 e. The summed E-state index contributed by atoms with van der Waals surface area (Å²) in [6.45, 7) is 8.07. The van der Waals surface area contributed by atoms with Gasteiger partial charge in [0.05, 0.1) is 6.33 Å². The summed E-state index contributed by atoms with van der Waals surface area (Å²) < 4.78 is 1.71. The minimum Gasteiger partial charge on any atom is -0.369 e. The fourth-order valence-electron chi connectivity index (χ4n) is 1.38. The van der Waals surface area contributed by atoms with Crippen LogP contribution in [0.15, 0.2) is 11.1 Å². The van der Waals surface area contributed by atoms with Crippen molar-refractivity contribution in [2.24, 2.45) is 5.92 Å². The molecule has 0 amide bonds. The molecule has 0 saturated heterocycles. The van der Waals surface area contributed by atoms with E-state index in [0.717, 1.165) is 0 Å². The number of rotatable bonds is 2. The second-order valence-electron chi connectivity index (χ2n) is 3.39. The number of anilines is 1. The van der Waals surface area contributed by atoms with Gasteiger partial charge < -0.3 is 10.3 Å². The third kappa shape index (κ3) is 1.70. The number of hydrogen-bond acceptors (Lipinski definition) is 4. The van der Waals surface area contributed by atoms with Gasteiger partial charge in [0.2, 0.25) is 5.95 Å². The van der Waals surface area contributed by atoms with Crippen LogP contribution in [0.25, 0.3) is 11.2 Å². The maximum Gasteiger partial charge on any atom is 0.280 e. The lowest BCUT2D eigenvalue weighted by atomic mass is 10.2. The Morgan fingerprint density at radius 1 is 1.60 bits per heavy atom. The van der Waals surface area contributed by atoms with E-state index in [1.807, 2.05) is 0 Å². The number of aromatic amines is 1. The Bertz CT molecular complexity index is 539. The molecule has 0 aliphatic carbocycles. The molecule has 2 heterocycles. The molecule has 2 aromatic heterocycles. The van der Waals surface area contributed by atoms with Gasteiger partial charge in [-0.05, 0) is 19.8 Å². The summed E-state index contributed by atoms with van der Waals surface area (Å²) in [5.41, 5.74) is 5.86. The summed E-state index contributed by atoms with van der Waals surface area (Å²) in [4.78, 5) is 21.8. The van der Waals surface area contributed by atoms with E-state index in [4.69, 9.17) is 5.73 Å². The molecule has 0 bridgehead atoms. The third-order valence-electron chi connectivity index (χ3n) is 1.95. The van der Waals surface area contributed by atoms with Gasteiger partial charge in [0.25, 0.3) is 5.56 Å². The van der Waals surface area contributed by atoms with Crippen LogP contribution in [-0.4, -0.2) is 19.5 Å². The van der Waals surface area contributed by atoms with Crippen molar-refractivity contribution in [1.29, 1.82) is 0 Å². The maximum atomic E-state index is 11.4. The molecule has 3 N–H and O–H groups in total. The van der Waals surface area contributed by atoms with E-state index in [1.165, 1.54) is 6.33 Å². The van der Waals surface area contributed by atoms with E-state index >= 15 is 0 Å². The molecule has 2 rings (SSSR count). The average molecular weight is 205 g/mol. The molecule has 0 aliphatic rings. The van der Waals surface area contributed by atoms with Gasteiger partial charge in [-0.3, -0.25) is 9.78 Å². The molecule has 0 spiro atoms. The zero-order valence-electron chi connectivity index (χ0n) is 8.10. The molecule has 15 heavy (non-hydrogen) atoms. The van der Waals surface area contributed by atoms with Gasteiger partial charge in [0.1, 0.15) is 0 Å². The quantitative estimate of drug-likeness (QED) is 0.721. The van der Waals surface area contributed by atoms with E-state index in [-0.39, 0.29) is 22.9 Å². The lowest BCUT2D eigenvalue weighted by Gasteiger charge is -2.05. The number of nitrogens with two attached hydrogens (primary N) is 1. The fraction of sp³-hybridized carbons (Fsp3) is 0.222. The van der Waals surface area contributed by atoms with Gasteiger partial charge >= 0.3 is 0 Å². The van der Waals surface area contributed by atoms with Crippen LogP contribution in [0.5, 0.6) is 0 Å². The van der Waals surface area contributed by atoms with Crippen molar-refractivity contribution in [2.45, 2.75) is 6.54 Å². The topological polar surface area (TPSA) is 89.6 Å². The molecular formula is C9H11N5O. The summed E-state index contributed by atoms with van der Waals surface area (Å²) in [5.74, 6) is 0.0450. The highest BCUT2D eigenvalue weighted by Gasteiger charge is 2.09. The van der Waals surface area contributed by atoms with Crippen LogP contribution in [0.4, 0.5) is 5.95 Å². The van der Waals surface area contributed by atoms with Crippen molar-refractivity contribution in [3.8, 4) is 0 Å². The Morgan fingerprint density at radius 2 is 2.33 bits per heavy atom. The van der Waals surface area contributed by atoms with Crippen LogP contribution >= 0.6 is 0 Å². The molecule has 2 radical (unpaired) electrons. The van der Waals surface area contributed by atoms with Crippen LogP contribution in [0, 0.1) is 19.8 Å². The number of H-pyrrole nitrogens is 1. The first-order valence-corrected chi connectivity index (χ1v) is 4.44. The Balaban J connectivity index is 2.63. The van der Waals surface area contributed by atoms with E-state index in [1.54, 1.807) is 4.57 Å². The lowest BCUT2D eigenvalue weighted by Crippen LogP contribution is -2.13. The van der Waals surface area contributed by atoms with Gasteiger partial charge in [-0.1, -0.05) is 0 Å². The largest absolute Gasteiger partial charge is 0.369 e. The minimum absolute atomic E-state index is 0.0373. The normalized spacial score (nSPS) is 11.4. The molecule has 0 unspecified atom stereocenters. The predicted molar refractivity (Wildman–Crippen MR) is 56.8 cm³/mol. The zero-order valence-corrected chi connectivity index (χ0v) is 8.10. The first-order valence-electron chi connectivity index (χ1n) is 4.44. The Morgan fingerprint density at radius 3 is 3.00 bits per heavy atom. The molecule has 2 aromatic rings. The van der Waals surface area contributed by atoms with Crippen LogP contribution < -0.4 is 11.3 Å². The second-order valence-corrected chi connectivity index (χ2v) is 3.39. The number of nitrogens with zero attached hydrogens (tertiary/aromatic N) is 3. The standard InChI is InChI=1S/C9H11N5O/c1-5(2)3-14-4-11-6-7(14)12-9(10)13-8(6)15/h4-5H,1-3H2,(H3,10,12,13,15). The van der Waals surface area contributed by atoms with E-state index in [2.05, 4.69) is 28.8 Å². The first-order chi connectivity index (χ1) is 7.08. The second kappa shape index (κ2) is 3.38. The SMILES string of the molecule is [CH2]C([CH2])Cn1cnc2c(=O)[nH]c(N)nc21. The molecule has 6 heteroatoms. The van der Waals surface area contributed by atoms with Crippen LogP contribution in [0.2, 0.25) is 0 Å². The van der Waals surface area contributed by atoms with E-state index < -0.39 is 0 Å². The van der Waals surface area contributed by atoms with Crippen LogP contribution in [-0.2, 0) is 6.54 Å². The van der Waals surface area contributed by atoms with Crippen molar-refractivity contribution in [3.63, 3.8) is 0 Å². The number of nitrogen functional groups attached to an aromatic ring is 1. The number of aromatic nitrogens is 4. The van der Waals surface area contributed by atoms with Crippen LogP contribution in [0.1, 0.15) is 0 Å². The van der Waals surface area contributed by atoms with Crippen molar-refractivity contribution in [3.05, 3.63) is 30.5 Å². The van der Waals surface area contributed by atoms with Crippen LogP contribution in [0.3, 0.4) is 0 Å². The summed E-state index contributed by atoms with van der Waals surface area (Å²) in [7, 11) is 0. The summed E-state index contributed by atoms with van der Waals surface area (Å²) in [6.07, 6.45) is 1.54. The fourth-order valence-corrected chi connectivity index (χ4v) is 1.38. The Hall–Kier alpha value is -1.85. The molecule has 0 atom stereocenters. The number of hydrogen-bond donors (Lipinski definition) is 2. The summed E-state index contributed by atoms with van der Waals surface area (Å²) >= 11 is 0. The number of imidazole rings is 1. The molecule has 6 nitrogen and oxygen atoms in total. The van der Waals surface area contributed by atoms with E-state index in [0.29, 0.717) is 12.2 Å². The Labute approximate surface area is 86.2 Å². The van der Waals surface area contributed by atoms with Gasteiger partial charge in [-0.15, -0.1) is 0 Å². The molecule has 0 aliphatic heterocycles. The molecule has 0 saturated carbocycles. The summed E-state index contributed by atoms with van der Waals surface area (Å²) in [5, 5.41) is 0. The predicted octanol–water partition coefficient (Wildman–Crippen LogP) is -0.0138. The third-order valence-corrected chi connectivity index (χ3v) is 1.95. The van der Waals surface area contributed by atoms with Gasteiger partial charge in [0, 0.05) is 6.54 Å². The van der Waals surface area contributed by atoms with Crippen molar-refractivity contribution in [2.75, 3.05) is 5.73 Å². The highest BCUT2D eigenvalue weighted by atomic mass is 16.1. The molecule has 0 fully saturated rings. The minimum atomic E-state index is -0.332. The highest BCUT2D eigenvalue weighted by Crippen LogP contribution is 2.08. The monoisotopic (exact) mass is 205 g/mol. The molecule has 78 valence electrons. The van der Waals surface area contributed by atoms with Crippen molar-refractivity contribution < 1.29 is 0 Å². The van der Waals surface area contributed by atoms with Gasteiger partial charge in [0.15, 0.2) is 11.2 Å². The summed E-state index contributed by atoms with van der Waals surface area (Å²) in [6, 6.07) is 0. The first kappa shape index (κ1) is 9.70. The molecular weight excluding hydrogens is 194 g/mol. The van der Waals surface area contributed by atoms with Gasteiger partial charge in [-0.25, -0.2) is 4.98 Å². The number of nitrogens with one attached hydrogen (secondary N) is 1. The van der Waals surface area contributed by atoms with Gasteiger partial charge in [-0.2, -0.15) is 4.98 Å². The van der Waals surface area contributed by atoms with Crippen molar-refractivity contribution in [1.82, 2.24) is 19.5 Å². The maximum absolute atomic E-state index is 11.4. The zero-order chi connectivity index (χ0) is 11.0. The van der Waals surface area contributed by atoms with Crippen molar-refractivity contribution >= 4 is 17.1 Å². The average Bonchev–Trinajstić information content (AvgIpc) is 2.48. The van der Waals surface area contributed by atoms with E-state index in [9.17, 15) is 4.79 Å². The Kier molecular flexibility index (Phi) is 2.18. The number of fused-ring (bicyclic) bond motifs is 1. The lowest BCUT2D eigenvalue weighted by molar-refractivity contribution is 0.619. The highest BCUT2D eigenvalue weighted by molar-refractivity contribution is 5.70.